The number of nitrogens with zero attached hydrogens (tertiary/aromatic N) is 1. The molecular weight excluding hydrogens is 390 g/mol. The van der Waals surface area contributed by atoms with Crippen molar-refractivity contribution in [2.45, 2.75) is 26.2 Å². The average molecular weight is 410 g/mol. The van der Waals surface area contributed by atoms with Crippen LogP contribution in [0, 0.1) is 10.1 Å². The van der Waals surface area contributed by atoms with Crippen LogP contribution >= 0.6 is 15.9 Å². The Kier molecular flexibility index (Phi) is 4.97. The van der Waals surface area contributed by atoms with Crippen LogP contribution in [-0.2, 0) is 5.41 Å². The molecule has 3 nitrogen and oxygen atoms in total. The minimum Gasteiger partial charge on any atom is -0.258 e. The normalized spacial score (nSPS) is 11.4. The van der Waals surface area contributed by atoms with E-state index in [1.54, 1.807) is 18.2 Å². The van der Waals surface area contributed by atoms with Crippen LogP contribution in [0.4, 0.5) is 5.69 Å². The molecule has 3 rings (SSSR count). The van der Waals surface area contributed by atoms with Gasteiger partial charge in [-0.15, -0.1) is 0 Å². The molecule has 3 aromatic carbocycles. The van der Waals surface area contributed by atoms with Crippen molar-refractivity contribution < 1.29 is 4.92 Å². The van der Waals surface area contributed by atoms with Crippen LogP contribution in [0.1, 0.15) is 26.3 Å². The summed E-state index contributed by atoms with van der Waals surface area (Å²) < 4.78 is 0.997. The van der Waals surface area contributed by atoms with E-state index >= 15 is 0 Å². The van der Waals surface area contributed by atoms with Crippen molar-refractivity contribution in [2.75, 3.05) is 0 Å². The van der Waals surface area contributed by atoms with Crippen LogP contribution in [0.3, 0.4) is 0 Å². The van der Waals surface area contributed by atoms with E-state index in [0.717, 1.165) is 21.2 Å². The zero-order valence-corrected chi connectivity index (χ0v) is 16.6. The molecule has 0 aliphatic heterocycles. The first kappa shape index (κ1) is 18.3. The Hall–Kier alpha value is -2.46. The second-order valence-electron chi connectivity index (χ2n) is 7.30. The highest BCUT2D eigenvalue weighted by molar-refractivity contribution is 9.10. The van der Waals surface area contributed by atoms with Crippen molar-refractivity contribution in [1.82, 2.24) is 0 Å². The Morgan fingerprint density at radius 3 is 2.04 bits per heavy atom. The zero-order valence-electron chi connectivity index (χ0n) is 15.0. The highest BCUT2D eigenvalue weighted by Gasteiger charge is 2.19. The van der Waals surface area contributed by atoms with Crippen molar-refractivity contribution in [3.63, 3.8) is 0 Å². The molecule has 0 N–H and O–H groups in total. The largest absolute Gasteiger partial charge is 0.277 e. The SMILES string of the molecule is CC(C)(C)c1cc(Br)cc(-c2ccccc2-c2ccccc2[N+](=O)[O-])c1. The van der Waals surface area contributed by atoms with Crippen LogP contribution < -0.4 is 0 Å². The van der Waals surface area contributed by atoms with Gasteiger partial charge in [-0.2, -0.15) is 0 Å². The molecule has 0 saturated carbocycles. The first-order valence-electron chi connectivity index (χ1n) is 8.41. The highest BCUT2D eigenvalue weighted by atomic mass is 79.9. The Morgan fingerprint density at radius 1 is 0.846 bits per heavy atom. The summed E-state index contributed by atoms with van der Waals surface area (Å²) in [5, 5.41) is 11.5. The second kappa shape index (κ2) is 7.04. The fourth-order valence-corrected chi connectivity index (χ4v) is 3.50. The average Bonchev–Trinajstić information content (AvgIpc) is 2.60. The molecule has 132 valence electrons. The van der Waals surface area contributed by atoms with E-state index in [-0.39, 0.29) is 16.0 Å². The molecule has 0 saturated heterocycles. The number of nitro groups is 1. The van der Waals surface area contributed by atoms with E-state index in [1.807, 2.05) is 30.3 Å². The van der Waals surface area contributed by atoms with Crippen LogP contribution in [0.25, 0.3) is 22.3 Å². The number of hydrogen-bond donors (Lipinski definition) is 0. The summed E-state index contributed by atoms with van der Waals surface area (Å²) in [6, 6.07) is 21.1. The van der Waals surface area contributed by atoms with Gasteiger partial charge in [0.05, 0.1) is 10.5 Å². The molecule has 3 aromatic rings. The van der Waals surface area contributed by atoms with Crippen LogP contribution in [0.15, 0.2) is 71.2 Å². The maximum absolute atomic E-state index is 11.5. The summed E-state index contributed by atoms with van der Waals surface area (Å²) >= 11 is 3.61. The molecule has 0 amide bonds. The third kappa shape index (κ3) is 3.70. The van der Waals surface area contributed by atoms with Gasteiger partial charge < -0.3 is 0 Å². The number of nitro benzene ring substituents is 1. The van der Waals surface area contributed by atoms with Crippen molar-refractivity contribution in [3.05, 3.63) is 86.9 Å². The molecule has 0 heterocycles. The van der Waals surface area contributed by atoms with Gasteiger partial charge in [0.15, 0.2) is 0 Å². The van der Waals surface area contributed by atoms with E-state index in [9.17, 15) is 10.1 Å². The van der Waals surface area contributed by atoms with Gasteiger partial charge >= 0.3 is 0 Å². The Balaban J connectivity index is 2.25. The van der Waals surface area contributed by atoms with Crippen LogP contribution in [0.5, 0.6) is 0 Å². The third-order valence-electron chi connectivity index (χ3n) is 4.39. The molecule has 0 aromatic heterocycles. The lowest BCUT2D eigenvalue weighted by Crippen LogP contribution is -2.11. The fraction of sp³-hybridized carbons (Fsp3) is 0.182. The maximum atomic E-state index is 11.5. The molecule has 26 heavy (non-hydrogen) atoms. The number of halogens is 1. The van der Waals surface area contributed by atoms with Crippen LogP contribution in [0.2, 0.25) is 0 Å². The lowest BCUT2D eigenvalue weighted by molar-refractivity contribution is -0.384. The van der Waals surface area contributed by atoms with Crippen molar-refractivity contribution >= 4 is 21.6 Å². The number of benzene rings is 3. The first-order chi connectivity index (χ1) is 12.3. The Morgan fingerprint density at radius 2 is 1.42 bits per heavy atom. The van der Waals surface area contributed by atoms with Gasteiger partial charge in [-0.25, -0.2) is 0 Å². The lowest BCUT2D eigenvalue weighted by atomic mass is 9.84. The summed E-state index contributed by atoms with van der Waals surface area (Å²) in [6.07, 6.45) is 0. The number of hydrogen-bond acceptors (Lipinski definition) is 2. The quantitative estimate of drug-likeness (QED) is 0.345. The maximum Gasteiger partial charge on any atom is 0.277 e. The Labute approximate surface area is 162 Å². The van der Waals surface area contributed by atoms with Gasteiger partial charge in [-0.05, 0) is 45.9 Å². The van der Waals surface area contributed by atoms with Gasteiger partial charge in [0.25, 0.3) is 5.69 Å². The van der Waals surface area contributed by atoms with Gasteiger partial charge in [0.1, 0.15) is 0 Å². The molecule has 0 aliphatic carbocycles. The van der Waals surface area contributed by atoms with Gasteiger partial charge in [-0.3, -0.25) is 10.1 Å². The predicted molar refractivity (Wildman–Crippen MR) is 110 cm³/mol. The van der Waals surface area contributed by atoms with E-state index in [4.69, 9.17) is 0 Å². The molecule has 0 radical (unpaired) electrons. The van der Waals surface area contributed by atoms with Gasteiger partial charge in [0.2, 0.25) is 0 Å². The van der Waals surface area contributed by atoms with Gasteiger partial charge in [-0.1, -0.05) is 79.2 Å². The van der Waals surface area contributed by atoms with Crippen molar-refractivity contribution in [2.24, 2.45) is 0 Å². The number of para-hydroxylation sites is 1. The standard InChI is InChI=1S/C22H20BrNO2/c1-22(2,3)16-12-15(13-17(23)14-16)18-8-4-5-9-19(18)20-10-6-7-11-21(20)24(25)26/h4-14H,1-3H3. The summed E-state index contributed by atoms with van der Waals surface area (Å²) in [5.41, 5.74) is 4.84. The first-order valence-corrected chi connectivity index (χ1v) is 9.21. The molecule has 0 fully saturated rings. The topological polar surface area (TPSA) is 43.1 Å². The third-order valence-corrected chi connectivity index (χ3v) is 4.85. The van der Waals surface area contributed by atoms with Crippen molar-refractivity contribution in [1.29, 1.82) is 0 Å². The molecule has 0 spiro atoms. The molecule has 4 heteroatoms. The molecule has 0 atom stereocenters. The summed E-state index contributed by atoms with van der Waals surface area (Å²) in [6.45, 7) is 6.52. The minimum absolute atomic E-state index is 0.00617. The molecular formula is C22H20BrNO2. The molecule has 0 bridgehead atoms. The minimum atomic E-state index is -0.326. The Bertz CT molecular complexity index is 974. The van der Waals surface area contributed by atoms with Gasteiger partial charge in [0, 0.05) is 10.5 Å². The van der Waals surface area contributed by atoms with E-state index in [0.29, 0.717) is 5.56 Å². The highest BCUT2D eigenvalue weighted by Crippen LogP contribution is 2.39. The van der Waals surface area contributed by atoms with E-state index in [2.05, 4.69) is 54.9 Å². The monoisotopic (exact) mass is 409 g/mol. The smallest absolute Gasteiger partial charge is 0.258 e. The summed E-state index contributed by atoms with van der Waals surface area (Å²) in [7, 11) is 0. The second-order valence-corrected chi connectivity index (χ2v) is 8.21. The van der Waals surface area contributed by atoms with Crippen LogP contribution in [-0.4, -0.2) is 4.92 Å². The van der Waals surface area contributed by atoms with Crippen molar-refractivity contribution in [3.8, 4) is 22.3 Å². The van der Waals surface area contributed by atoms with E-state index in [1.165, 1.54) is 5.56 Å². The van der Waals surface area contributed by atoms with E-state index < -0.39 is 0 Å². The predicted octanol–water partition coefficient (Wildman–Crippen LogP) is 6.99. The lowest BCUT2D eigenvalue weighted by Gasteiger charge is -2.21. The summed E-state index contributed by atoms with van der Waals surface area (Å²) in [5.74, 6) is 0. The molecule has 0 aliphatic rings. The number of rotatable bonds is 3. The fourth-order valence-electron chi connectivity index (χ4n) is 3.01. The molecule has 0 unspecified atom stereocenters. The summed E-state index contributed by atoms with van der Waals surface area (Å²) in [4.78, 5) is 11.2. The zero-order chi connectivity index (χ0) is 18.9.